The van der Waals surface area contributed by atoms with Crippen LogP contribution in [-0.4, -0.2) is 34.9 Å². The Morgan fingerprint density at radius 2 is 1.79 bits per heavy atom. The molecule has 1 amide bonds. The molecule has 0 fully saturated rings. The minimum Gasteiger partial charge on any atom is -0.486 e. The van der Waals surface area contributed by atoms with E-state index in [9.17, 15) is 4.79 Å². The van der Waals surface area contributed by atoms with Crippen molar-refractivity contribution < 1.29 is 14.3 Å². The molecular formula is C26H31N5O3. The maximum atomic E-state index is 13.0. The van der Waals surface area contributed by atoms with Gasteiger partial charge in [-0.3, -0.25) is 14.8 Å². The molecule has 178 valence electrons. The molecule has 2 aromatic carbocycles. The number of nitrogens with zero attached hydrogens (tertiary/aromatic N) is 3. The molecule has 4 rings (SSSR count). The number of ether oxygens (including phenoxy) is 2. The second kappa shape index (κ2) is 9.99. The number of hydrogen-bond donors (Lipinski definition) is 2. The lowest BCUT2D eigenvalue weighted by molar-refractivity contribution is 0.0977. The molecule has 0 aliphatic carbocycles. The summed E-state index contributed by atoms with van der Waals surface area (Å²) in [6.07, 6.45) is 0. The number of carbonyl (C=O) groups excluding carboxylic acids is 1. The number of fused-ring (bicyclic) bond motifs is 1. The minimum absolute atomic E-state index is 0.232. The summed E-state index contributed by atoms with van der Waals surface area (Å²) >= 11 is 0. The van der Waals surface area contributed by atoms with E-state index in [0.29, 0.717) is 42.8 Å². The van der Waals surface area contributed by atoms with Crippen molar-refractivity contribution in [3.8, 4) is 11.5 Å². The van der Waals surface area contributed by atoms with Gasteiger partial charge in [0.25, 0.3) is 5.91 Å². The van der Waals surface area contributed by atoms with Gasteiger partial charge in [0, 0.05) is 35.1 Å². The summed E-state index contributed by atoms with van der Waals surface area (Å²) in [6, 6.07) is 11.2. The largest absolute Gasteiger partial charge is 0.486 e. The summed E-state index contributed by atoms with van der Waals surface area (Å²) in [7, 11) is 0. The van der Waals surface area contributed by atoms with Gasteiger partial charge in [-0.25, -0.2) is 4.99 Å². The number of aryl methyl sites for hydroxylation is 4. The predicted octanol–water partition coefficient (Wildman–Crippen LogP) is 4.31. The van der Waals surface area contributed by atoms with E-state index in [-0.39, 0.29) is 5.91 Å². The first-order chi connectivity index (χ1) is 16.4. The topological polar surface area (TPSA) is 89.8 Å². The Morgan fingerprint density at radius 1 is 1.03 bits per heavy atom. The number of hydrogen-bond acceptors (Lipinski definition) is 5. The number of nitrogens with one attached hydrogen (secondary N) is 2. The zero-order valence-corrected chi connectivity index (χ0v) is 20.4. The number of anilines is 1. The molecule has 0 spiro atoms. The highest BCUT2D eigenvalue weighted by atomic mass is 16.6. The fourth-order valence-electron chi connectivity index (χ4n) is 3.86. The molecule has 2 heterocycles. The van der Waals surface area contributed by atoms with Crippen molar-refractivity contribution in [1.82, 2.24) is 15.1 Å². The van der Waals surface area contributed by atoms with Crippen LogP contribution >= 0.6 is 0 Å². The second-order valence-corrected chi connectivity index (χ2v) is 8.37. The smallest absolute Gasteiger partial charge is 0.257 e. The standard InChI is InChI=1S/C26H31N5O3/c1-6-31-19(5)22(18(4)30-31)15-27-26(29-25(32)20-8-7-16(2)17(3)13-20)28-21-9-10-23-24(14-21)34-12-11-33-23/h7-10,13-14H,6,11-12,15H2,1-5H3,(H2,27,28,29,32). The average molecular weight is 462 g/mol. The van der Waals surface area contributed by atoms with Gasteiger partial charge in [-0.05, 0) is 70.0 Å². The first-order valence-corrected chi connectivity index (χ1v) is 11.5. The SMILES string of the molecule is CCn1nc(C)c(CN=C(NC(=O)c2ccc(C)c(C)c2)Nc2ccc3c(c2)OCCO3)c1C. The Bertz CT molecular complexity index is 1250. The third-order valence-corrected chi connectivity index (χ3v) is 6.03. The van der Waals surface area contributed by atoms with Gasteiger partial charge in [0.05, 0.1) is 12.2 Å². The third-order valence-electron chi connectivity index (χ3n) is 6.03. The van der Waals surface area contributed by atoms with Crippen LogP contribution in [0.15, 0.2) is 41.4 Å². The summed E-state index contributed by atoms with van der Waals surface area (Å²) in [4.78, 5) is 17.8. The lowest BCUT2D eigenvalue weighted by Gasteiger charge is -2.19. The van der Waals surface area contributed by atoms with Gasteiger partial charge in [0.2, 0.25) is 5.96 Å². The van der Waals surface area contributed by atoms with Crippen molar-refractivity contribution in [2.45, 2.75) is 47.7 Å². The molecule has 8 heteroatoms. The van der Waals surface area contributed by atoms with Gasteiger partial charge in [0.15, 0.2) is 11.5 Å². The van der Waals surface area contributed by atoms with Crippen molar-refractivity contribution >= 4 is 17.6 Å². The Kier molecular flexibility index (Phi) is 6.86. The van der Waals surface area contributed by atoms with E-state index in [1.165, 1.54) is 0 Å². The zero-order valence-electron chi connectivity index (χ0n) is 20.4. The van der Waals surface area contributed by atoms with Crippen LogP contribution in [0.4, 0.5) is 5.69 Å². The number of amides is 1. The number of benzene rings is 2. The maximum absolute atomic E-state index is 13.0. The molecule has 8 nitrogen and oxygen atoms in total. The normalized spacial score (nSPS) is 13.0. The van der Waals surface area contributed by atoms with Crippen molar-refractivity contribution in [3.63, 3.8) is 0 Å². The maximum Gasteiger partial charge on any atom is 0.257 e. The first kappa shape index (κ1) is 23.4. The van der Waals surface area contributed by atoms with E-state index in [1.54, 1.807) is 0 Å². The van der Waals surface area contributed by atoms with Crippen LogP contribution in [0, 0.1) is 27.7 Å². The van der Waals surface area contributed by atoms with Gasteiger partial charge < -0.3 is 14.8 Å². The van der Waals surface area contributed by atoms with Gasteiger partial charge >= 0.3 is 0 Å². The predicted molar refractivity (Wildman–Crippen MR) is 133 cm³/mol. The summed E-state index contributed by atoms with van der Waals surface area (Å²) in [5.41, 5.74) is 6.56. The fourth-order valence-corrected chi connectivity index (χ4v) is 3.86. The number of aliphatic imine (C=N–C) groups is 1. The highest BCUT2D eigenvalue weighted by Crippen LogP contribution is 2.32. The zero-order chi connectivity index (χ0) is 24.2. The molecule has 0 saturated carbocycles. The van der Waals surface area contributed by atoms with Crippen LogP contribution in [0.5, 0.6) is 11.5 Å². The van der Waals surface area contributed by atoms with E-state index in [4.69, 9.17) is 14.5 Å². The van der Waals surface area contributed by atoms with Crippen LogP contribution in [-0.2, 0) is 13.1 Å². The molecule has 34 heavy (non-hydrogen) atoms. The summed E-state index contributed by atoms with van der Waals surface area (Å²) < 4.78 is 13.3. The average Bonchev–Trinajstić information content (AvgIpc) is 3.11. The fraction of sp³-hybridized carbons (Fsp3) is 0.346. The van der Waals surface area contributed by atoms with Crippen LogP contribution < -0.4 is 20.1 Å². The molecule has 0 unspecified atom stereocenters. The van der Waals surface area contributed by atoms with Gasteiger partial charge in [-0.2, -0.15) is 5.10 Å². The van der Waals surface area contributed by atoms with Crippen molar-refractivity contribution in [3.05, 3.63) is 70.0 Å². The van der Waals surface area contributed by atoms with Crippen LogP contribution in [0.3, 0.4) is 0 Å². The highest BCUT2D eigenvalue weighted by Gasteiger charge is 2.16. The molecule has 0 saturated heterocycles. The molecule has 1 aliphatic rings. The van der Waals surface area contributed by atoms with E-state index < -0.39 is 0 Å². The van der Waals surface area contributed by atoms with E-state index >= 15 is 0 Å². The first-order valence-electron chi connectivity index (χ1n) is 11.5. The van der Waals surface area contributed by atoms with E-state index in [2.05, 4.69) is 22.7 Å². The molecule has 2 N–H and O–H groups in total. The van der Waals surface area contributed by atoms with Crippen LogP contribution in [0.2, 0.25) is 0 Å². The van der Waals surface area contributed by atoms with Gasteiger partial charge in [-0.15, -0.1) is 0 Å². The molecule has 0 radical (unpaired) electrons. The molecule has 0 atom stereocenters. The number of aromatic nitrogens is 2. The Balaban J connectivity index is 1.61. The second-order valence-electron chi connectivity index (χ2n) is 8.37. The van der Waals surface area contributed by atoms with E-state index in [1.807, 2.05) is 68.8 Å². The Hall–Kier alpha value is -3.81. The lowest BCUT2D eigenvalue weighted by Crippen LogP contribution is -2.36. The Labute approximate surface area is 200 Å². The number of carbonyl (C=O) groups is 1. The van der Waals surface area contributed by atoms with Gasteiger partial charge in [-0.1, -0.05) is 6.07 Å². The van der Waals surface area contributed by atoms with Crippen molar-refractivity contribution in [2.24, 2.45) is 4.99 Å². The monoisotopic (exact) mass is 461 g/mol. The van der Waals surface area contributed by atoms with Crippen LogP contribution in [0.1, 0.15) is 45.4 Å². The van der Waals surface area contributed by atoms with Crippen molar-refractivity contribution in [1.29, 1.82) is 0 Å². The lowest BCUT2D eigenvalue weighted by atomic mass is 10.1. The van der Waals surface area contributed by atoms with Crippen LogP contribution in [0.25, 0.3) is 0 Å². The van der Waals surface area contributed by atoms with Gasteiger partial charge in [0.1, 0.15) is 13.2 Å². The molecule has 1 aromatic heterocycles. The molecule has 0 bridgehead atoms. The quantitative estimate of drug-likeness (QED) is 0.437. The molecule has 1 aliphatic heterocycles. The number of guanidine groups is 1. The summed E-state index contributed by atoms with van der Waals surface area (Å²) in [5.74, 6) is 1.48. The summed E-state index contributed by atoms with van der Waals surface area (Å²) in [6.45, 7) is 12.3. The Morgan fingerprint density at radius 3 is 2.50 bits per heavy atom. The number of rotatable bonds is 5. The molecule has 3 aromatic rings. The van der Waals surface area contributed by atoms with Crippen molar-refractivity contribution in [2.75, 3.05) is 18.5 Å². The summed E-state index contributed by atoms with van der Waals surface area (Å²) in [5, 5.41) is 10.8. The van der Waals surface area contributed by atoms with E-state index in [0.717, 1.165) is 40.3 Å². The third kappa shape index (κ3) is 5.06. The molecular weight excluding hydrogens is 430 g/mol. The minimum atomic E-state index is -0.232. The highest BCUT2D eigenvalue weighted by molar-refractivity contribution is 6.10.